The monoisotopic (exact) mass is 345 g/mol. The van der Waals surface area contributed by atoms with Gasteiger partial charge in [0.25, 0.3) is 0 Å². The smallest absolute Gasteiger partial charge is 0.213 e. The van der Waals surface area contributed by atoms with Gasteiger partial charge in [-0.25, -0.2) is 4.98 Å². The minimum atomic E-state index is -0.408. The number of ketones is 1. The Kier molecular flexibility index (Phi) is 7.12. The van der Waals surface area contributed by atoms with E-state index in [0.717, 1.165) is 43.6 Å². The number of piperidine rings is 1. The summed E-state index contributed by atoms with van der Waals surface area (Å²) in [4.78, 5) is 21.2. The van der Waals surface area contributed by atoms with Crippen molar-refractivity contribution in [3.05, 3.63) is 23.9 Å². The minimum absolute atomic E-state index is 0.240. The number of aliphatic imine (C=N–C) groups is 1. The summed E-state index contributed by atoms with van der Waals surface area (Å²) in [5.74, 6) is 0.947. The maximum atomic E-state index is 12.3. The van der Waals surface area contributed by atoms with Gasteiger partial charge in [0.1, 0.15) is 11.9 Å². The minimum Gasteiger partial charge on any atom is -0.474 e. The molecule has 0 atom stereocenters. The highest BCUT2D eigenvalue weighted by Gasteiger charge is 2.28. The molecule has 5 heteroatoms. The fourth-order valence-electron chi connectivity index (χ4n) is 3.10. The summed E-state index contributed by atoms with van der Waals surface area (Å²) in [5, 5.41) is 3.33. The van der Waals surface area contributed by atoms with Crippen molar-refractivity contribution in [3.8, 4) is 5.88 Å². The zero-order valence-electron chi connectivity index (χ0n) is 16.0. The normalized spacial score (nSPS) is 16.7. The van der Waals surface area contributed by atoms with Gasteiger partial charge in [0.15, 0.2) is 0 Å². The number of hydrogen-bond donors (Lipinski definition) is 1. The van der Waals surface area contributed by atoms with Crippen LogP contribution in [-0.4, -0.2) is 42.7 Å². The molecule has 25 heavy (non-hydrogen) atoms. The van der Waals surface area contributed by atoms with E-state index in [1.807, 2.05) is 32.9 Å². The lowest BCUT2D eigenvalue weighted by Crippen LogP contribution is -2.34. The highest BCUT2D eigenvalue weighted by atomic mass is 16.5. The predicted octanol–water partition coefficient (Wildman–Crippen LogP) is 3.42. The summed E-state index contributed by atoms with van der Waals surface area (Å²) >= 11 is 0. The number of pyridine rings is 1. The molecule has 0 spiro atoms. The van der Waals surface area contributed by atoms with Crippen LogP contribution in [0.2, 0.25) is 0 Å². The third-order valence-corrected chi connectivity index (χ3v) is 4.75. The van der Waals surface area contributed by atoms with E-state index in [9.17, 15) is 4.79 Å². The van der Waals surface area contributed by atoms with E-state index in [4.69, 9.17) is 4.74 Å². The second-order valence-electron chi connectivity index (χ2n) is 7.36. The van der Waals surface area contributed by atoms with Crippen molar-refractivity contribution >= 4 is 11.5 Å². The first-order valence-electron chi connectivity index (χ1n) is 9.29. The van der Waals surface area contributed by atoms with E-state index < -0.39 is 5.41 Å². The van der Waals surface area contributed by atoms with Crippen LogP contribution in [0.3, 0.4) is 0 Å². The van der Waals surface area contributed by atoms with Gasteiger partial charge in [-0.3, -0.25) is 9.79 Å². The van der Waals surface area contributed by atoms with Gasteiger partial charge >= 0.3 is 0 Å². The van der Waals surface area contributed by atoms with Crippen molar-refractivity contribution < 1.29 is 9.53 Å². The number of carbonyl (C=O) groups excluding carboxylic acids is 1. The number of rotatable bonds is 8. The zero-order chi connectivity index (χ0) is 18.3. The number of aromatic nitrogens is 1. The summed E-state index contributed by atoms with van der Waals surface area (Å²) in [7, 11) is 1.77. The van der Waals surface area contributed by atoms with Crippen LogP contribution < -0.4 is 10.1 Å². The lowest BCUT2D eigenvalue weighted by molar-refractivity contribution is -0.126. The zero-order valence-corrected chi connectivity index (χ0v) is 16.0. The molecule has 2 rings (SSSR count). The maximum absolute atomic E-state index is 12.3. The van der Waals surface area contributed by atoms with Gasteiger partial charge in [0.05, 0.1) is 0 Å². The number of nitrogens with zero attached hydrogens (tertiary/aromatic N) is 2. The summed E-state index contributed by atoms with van der Waals surface area (Å²) < 4.78 is 5.95. The molecule has 138 valence electrons. The summed E-state index contributed by atoms with van der Waals surface area (Å²) in [6.45, 7) is 8.02. The third-order valence-electron chi connectivity index (χ3n) is 4.75. The van der Waals surface area contributed by atoms with Crippen LogP contribution in [0.25, 0.3) is 0 Å². The molecular weight excluding hydrogens is 314 g/mol. The molecule has 0 unspecified atom stereocenters. The Morgan fingerprint density at radius 3 is 2.64 bits per heavy atom. The molecule has 1 saturated heterocycles. The molecular formula is C20H31N3O2. The van der Waals surface area contributed by atoms with Gasteiger partial charge in [-0.15, -0.1) is 0 Å². The van der Waals surface area contributed by atoms with Crippen LogP contribution >= 0.6 is 0 Å². The molecule has 0 radical (unpaired) electrons. The van der Waals surface area contributed by atoms with E-state index in [0.29, 0.717) is 18.7 Å². The quantitative estimate of drug-likeness (QED) is 0.733. The van der Waals surface area contributed by atoms with Gasteiger partial charge in [0.2, 0.25) is 5.88 Å². The van der Waals surface area contributed by atoms with Crippen molar-refractivity contribution in [2.75, 3.05) is 20.1 Å². The fraction of sp³-hybridized carbons (Fsp3) is 0.650. The van der Waals surface area contributed by atoms with Crippen LogP contribution in [0, 0.1) is 5.41 Å². The highest BCUT2D eigenvalue weighted by molar-refractivity contribution is 6.03. The van der Waals surface area contributed by atoms with Crippen LogP contribution in [-0.2, 0) is 4.79 Å². The van der Waals surface area contributed by atoms with E-state index in [1.54, 1.807) is 13.2 Å². The first kappa shape index (κ1) is 19.6. The van der Waals surface area contributed by atoms with Gasteiger partial charge in [0, 0.05) is 48.8 Å². The SMILES string of the molecule is CCCC(=O)C(C)(C)CC(=NC)c1ccc(OC2CCNCC2)nc1. The summed E-state index contributed by atoms with van der Waals surface area (Å²) in [6.07, 6.45) is 6.19. The molecule has 1 aliphatic heterocycles. The van der Waals surface area contributed by atoms with E-state index in [-0.39, 0.29) is 11.9 Å². The Morgan fingerprint density at radius 2 is 2.08 bits per heavy atom. The average Bonchev–Trinajstić information content (AvgIpc) is 2.61. The van der Waals surface area contributed by atoms with Crippen LogP contribution in [0.15, 0.2) is 23.3 Å². The number of carbonyl (C=O) groups is 1. The Morgan fingerprint density at radius 1 is 1.36 bits per heavy atom. The molecule has 5 nitrogen and oxygen atoms in total. The fourth-order valence-corrected chi connectivity index (χ4v) is 3.10. The Balaban J connectivity index is 2.02. The highest BCUT2D eigenvalue weighted by Crippen LogP contribution is 2.27. The molecule has 0 amide bonds. The van der Waals surface area contributed by atoms with Gasteiger partial charge < -0.3 is 10.1 Å². The Labute approximate surface area is 151 Å². The van der Waals surface area contributed by atoms with Crippen LogP contribution in [0.1, 0.15) is 58.4 Å². The number of hydrogen-bond acceptors (Lipinski definition) is 5. The van der Waals surface area contributed by atoms with Gasteiger partial charge in [-0.05, 0) is 38.4 Å². The van der Waals surface area contributed by atoms with E-state index in [2.05, 4.69) is 15.3 Å². The number of Topliss-reactive ketones (excluding diaryl/α,β-unsaturated/α-hetero) is 1. The lowest BCUT2D eigenvalue weighted by atomic mass is 9.80. The topological polar surface area (TPSA) is 63.6 Å². The molecule has 2 heterocycles. The average molecular weight is 345 g/mol. The molecule has 1 fully saturated rings. The number of ether oxygens (including phenoxy) is 1. The van der Waals surface area contributed by atoms with Crippen molar-refractivity contribution in [3.63, 3.8) is 0 Å². The van der Waals surface area contributed by atoms with Crippen molar-refractivity contribution in [1.29, 1.82) is 0 Å². The number of nitrogens with one attached hydrogen (secondary N) is 1. The van der Waals surface area contributed by atoms with Crippen molar-refractivity contribution in [2.45, 2.75) is 59.0 Å². The Bertz CT molecular complexity index is 587. The second kappa shape index (κ2) is 9.09. The molecule has 1 aromatic heterocycles. The summed E-state index contributed by atoms with van der Waals surface area (Å²) in [6, 6.07) is 3.90. The first-order chi connectivity index (χ1) is 12.0. The molecule has 1 aliphatic rings. The van der Waals surface area contributed by atoms with E-state index in [1.165, 1.54) is 0 Å². The van der Waals surface area contributed by atoms with Crippen LogP contribution in [0.5, 0.6) is 5.88 Å². The Hall–Kier alpha value is -1.75. The molecule has 1 N–H and O–H groups in total. The molecule has 0 bridgehead atoms. The first-order valence-corrected chi connectivity index (χ1v) is 9.29. The molecule has 1 aromatic rings. The standard InChI is InChI=1S/C20H31N3O2/c1-5-6-18(24)20(2,3)13-17(21-4)15-7-8-19(23-14-15)25-16-9-11-22-12-10-16/h7-8,14,16,22H,5-6,9-13H2,1-4H3. The van der Waals surface area contributed by atoms with Crippen LogP contribution in [0.4, 0.5) is 0 Å². The molecule has 0 saturated carbocycles. The second-order valence-corrected chi connectivity index (χ2v) is 7.36. The van der Waals surface area contributed by atoms with Gasteiger partial charge in [-0.1, -0.05) is 20.8 Å². The maximum Gasteiger partial charge on any atom is 0.213 e. The predicted molar refractivity (Wildman–Crippen MR) is 102 cm³/mol. The van der Waals surface area contributed by atoms with Crippen molar-refractivity contribution in [1.82, 2.24) is 10.3 Å². The lowest BCUT2D eigenvalue weighted by Gasteiger charge is -2.24. The summed E-state index contributed by atoms with van der Waals surface area (Å²) in [5.41, 5.74) is 1.46. The van der Waals surface area contributed by atoms with Gasteiger partial charge in [-0.2, -0.15) is 0 Å². The molecule has 0 aromatic carbocycles. The largest absolute Gasteiger partial charge is 0.474 e. The molecule has 0 aliphatic carbocycles. The van der Waals surface area contributed by atoms with E-state index >= 15 is 0 Å². The third kappa shape index (κ3) is 5.63. The van der Waals surface area contributed by atoms with Crippen molar-refractivity contribution in [2.24, 2.45) is 10.4 Å².